The van der Waals surface area contributed by atoms with Crippen molar-refractivity contribution >= 4 is 10.8 Å². The van der Waals surface area contributed by atoms with Gasteiger partial charge in [-0.2, -0.15) is 0 Å². The third-order valence-corrected chi connectivity index (χ3v) is 4.29. The Morgan fingerprint density at radius 2 is 1.85 bits per heavy atom. The highest BCUT2D eigenvalue weighted by atomic mass is 16.5. The minimum absolute atomic E-state index is 0.224. The van der Waals surface area contributed by atoms with Crippen molar-refractivity contribution in [2.24, 2.45) is 11.7 Å². The van der Waals surface area contributed by atoms with Crippen LogP contribution >= 0.6 is 0 Å². The summed E-state index contributed by atoms with van der Waals surface area (Å²) in [7, 11) is 1.71. The van der Waals surface area contributed by atoms with Gasteiger partial charge in [-0.1, -0.05) is 51.0 Å². The molecule has 2 heteroatoms. The summed E-state index contributed by atoms with van der Waals surface area (Å²) < 4.78 is 5.34. The molecule has 2 aromatic rings. The summed E-state index contributed by atoms with van der Waals surface area (Å²) in [4.78, 5) is 0. The van der Waals surface area contributed by atoms with E-state index >= 15 is 0 Å². The Hall–Kier alpha value is -1.54. The van der Waals surface area contributed by atoms with Gasteiger partial charge >= 0.3 is 0 Å². The highest BCUT2D eigenvalue weighted by Gasteiger charge is 2.15. The molecule has 0 aliphatic heterocycles. The van der Waals surface area contributed by atoms with Crippen LogP contribution in [0.25, 0.3) is 10.8 Å². The van der Waals surface area contributed by atoms with Crippen LogP contribution in [0.15, 0.2) is 36.4 Å². The van der Waals surface area contributed by atoms with Crippen molar-refractivity contribution in [1.29, 1.82) is 0 Å². The zero-order valence-corrected chi connectivity index (χ0v) is 12.7. The third kappa shape index (κ3) is 3.13. The van der Waals surface area contributed by atoms with E-state index < -0.39 is 0 Å². The fraction of sp³-hybridized carbons (Fsp3) is 0.444. The minimum Gasteiger partial charge on any atom is -0.497 e. The van der Waals surface area contributed by atoms with Crippen molar-refractivity contribution in [2.75, 3.05) is 7.11 Å². The zero-order valence-electron chi connectivity index (χ0n) is 12.7. The molecule has 0 aromatic heterocycles. The molecular formula is C18H25NO. The number of hydrogen-bond donors (Lipinski definition) is 1. The van der Waals surface area contributed by atoms with E-state index in [1.165, 1.54) is 16.3 Å². The second kappa shape index (κ2) is 6.76. The van der Waals surface area contributed by atoms with Gasteiger partial charge in [-0.05, 0) is 40.8 Å². The van der Waals surface area contributed by atoms with Gasteiger partial charge in [0.2, 0.25) is 0 Å². The first-order chi connectivity index (χ1) is 9.69. The van der Waals surface area contributed by atoms with Crippen LogP contribution in [0.2, 0.25) is 0 Å². The standard InChI is InChI=1S/C18H25NO/c1-4-13(5-2)18(19)11-15-8-6-7-14-9-10-16(20-3)12-17(14)15/h6-10,12-13,18H,4-5,11,19H2,1-3H3. The van der Waals surface area contributed by atoms with E-state index in [1.54, 1.807) is 7.11 Å². The Balaban J connectivity index is 2.33. The molecule has 0 aliphatic rings. The molecule has 2 aromatic carbocycles. The summed E-state index contributed by atoms with van der Waals surface area (Å²) in [5, 5.41) is 2.51. The Labute approximate surface area is 121 Å². The van der Waals surface area contributed by atoms with E-state index in [9.17, 15) is 0 Å². The maximum atomic E-state index is 6.40. The minimum atomic E-state index is 0.224. The number of hydrogen-bond acceptors (Lipinski definition) is 2. The molecule has 0 spiro atoms. The molecular weight excluding hydrogens is 246 g/mol. The summed E-state index contributed by atoms with van der Waals surface area (Å²) in [5.41, 5.74) is 7.72. The quantitative estimate of drug-likeness (QED) is 0.856. The van der Waals surface area contributed by atoms with Gasteiger partial charge in [-0.3, -0.25) is 0 Å². The summed E-state index contributed by atoms with van der Waals surface area (Å²) in [6.45, 7) is 4.44. The molecule has 2 rings (SSSR count). The van der Waals surface area contributed by atoms with Crippen molar-refractivity contribution in [1.82, 2.24) is 0 Å². The van der Waals surface area contributed by atoms with Crippen LogP contribution in [-0.4, -0.2) is 13.2 Å². The lowest BCUT2D eigenvalue weighted by Crippen LogP contribution is -2.31. The Bertz CT molecular complexity index is 560. The molecule has 0 amide bonds. The Morgan fingerprint density at radius 3 is 2.50 bits per heavy atom. The SMILES string of the molecule is CCC(CC)C(N)Cc1cccc2ccc(OC)cc12. The predicted molar refractivity (Wildman–Crippen MR) is 86.3 cm³/mol. The molecule has 20 heavy (non-hydrogen) atoms. The number of rotatable bonds is 6. The first kappa shape index (κ1) is 14.9. The molecule has 0 bridgehead atoms. The molecule has 0 aliphatic carbocycles. The molecule has 0 saturated carbocycles. The Kier molecular flexibility index (Phi) is 5.02. The fourth-order valence-corrected chi connectivity index (χ4v) is 2.94. The van der Waals surface area contributed by atoms with E-state index in [0.29, 0.717) is 5.92 Å². The van der Waals surface area contributed by atoms with Gasteiger partial charge < -0.3 is 10.5 Å². The number of ether oxygens (including phenoxy) is 1. The van der Waals surface area contributed by atoms with Crippen molar-refractivity contribution in [3.05, 3.63) is 42.0 Å². The van der Waals surface area contributed by atoms with Crippen LogP contribution in [0, 0.1) is 5.92 Å². The van der Waals surface area contributed by atoms with Crippen molar-refractivity contribution in [2.45, 2.75) is 39.2 Å². The second-order valence-corrected chi connectivity index (χ2v) is 5.45. The first-order valence-electron chi connectivity index (χ1n) is 7.50. The molecule has 108 valence electrons. The van der Waals surface area contributed by atoms with Gasteiger partial charge in [0, 0.05) is 6.04 Å². The normalized spacial score (nSPS) is 12.8. The van der Waals surface area contributed by atoms with Gasteiger partial charge in [0.1, 0.15) is 5.75 Å². The van der Waals surface area contributed by atoms with Crippen molar-refractivity contribution in [3.8, 4) is 5.75 Å². The van der Waals surface area contributed by atoms with Gasteiger partial charge in [-0.15, -0.1) is 0 Å². The maximum absolute atomic E-state index is 6.40. The molecule has 0 heterocycles. The lowest BCUT2D eigenvalue weighted by atomic mass is 9.88. The lowest BCUT2D eigenvalue weighted by Gasteiger charge is -2.22. The number of benzene rings is 2. The van der Waals surface area contributed by atoms with Crippen LogP contribution in [0.1, 0.15) is 32.3 Å². The fourth-order valence-electron chi connectivity index (χ4n) is 2.94. The third-order valence-electron chi connectivity index (χ3n) is 4.29. The highest BCUT2D eigenvalue weighted by Crippen LogP contribution is 2.26. The molecule has 0 saturated heterocycles. The number of methoxy groups -OCH3 is 1. The van der Waals surface area contributed by atoms with Crippen LogP contribution < -0.4 is 10.5 Å². The molecule has 0 radical (unpaired) electrons. The van der Waals surface area contributed by atoms with E-state index in [-0.39, 0.29) is 6.04 Å². The summed E-state index contributed by atoms with van der Waals surface area (Å²) >= 11 is 0. The van der Waals surface area contributed by atoms with Crippen molar-refractivity contribution in [3.63, 3.8) is 0 Å². The topological polar surface area (TPSA) is 35.2 Å². The molecule has 2 N–H and O–H groups in total. The van der Waals surface area contributed by atoms with Gasteiger partial charge in [-0.25, -0.2) is 0 Å². The zero-order chi connectivity index (χ0) is 14.5. The number of fused-ring (bicyclic) bond motifs is 1. The summed E-state index contributed by atoms with van der Waals surface area (Å²) in [5.74, 6) is 1.50. The molecule has 2 nitrogen and oxygen atoms in total. The monoisotopic (exact) mass is 271 g/mol. The largest absolute Gasteiger partial charge is 0.497 e. The maximum Gasteiger partial charge on any atom is 0.119 e. The van der Waals surface area contributed by atoms with E-state index in [1.807, 2.05) is 6.07 Å². The van der Waals surface area contributed by atoms with E-state index in [0.717, 1.165) is 25.0 Å². The molecule has 1 unspecified atom stereocenters. The predicted octanol–water partition coefficient (Wildman–Crippen LogP) is 4.15. The summed E-state index contributed by atoms with van der Waals surface area (Å²) in [6, 6.07) is 12.9. The lowest BCUT2D eigenvalue weighted by molar-refractivity contribution is 0.394. The van der Waals surface area contributed by atoms with Crippen LogP contribution in [-0.2, 0) is 6.42 Å². The smallest absolute Gasteiger partial charge is 0.119 e. The van der Waals surface area contributed by atoms with Gasteiger partial charge in [0.05, 0.1) is 7.11 Å². The highest BCUT2D eigenvalue weighted by molar-refractivity contribution is 5.87. The van der Waals surface area contributed by atoms with Gasteiger partial charge in [0.25, 0.3) is 0 Å². The molecule has 0 fully saturated rings. The number of nitrogens with two attached hydrogens (primary N) is 1. The van der Waals surface area contributed by atoms with Crippen LogP contribution in [0.3, 0.4) is 0 Å². The summed E-state index contributed by atoms with van der Waals surface area (Å²) in [6.07, 6.45) is 3.22. The Morgan fingerprint density at radius 1 is 1.10 bits per heavy atom. The average molecular weight is 271 g/mol. The first-order valence-corrected chi connectivity index (χ1v) is 7.50. The van der Waals surface area contributed by atoms with Gasteiger partial charge in [0.15, 0.2) is 0 Å². The van der Waals surface area contributed by atoms with Crippen LogP contribution in [0.5, 0.6) is 5.75 Å². The second-order valence-electron chi connectivity index (χ2n) is 5.45. The van der Waals surface area contributed by atoms with Crippen molar-refractivity contribution < 1.29 is 4.74 Å². The average Bonchev–Trinajstić information content (AvgIpc) is 2.48. The van der Waals surface area contributed by atoms with Crippen LogP contribution in [0.4, 0.5) is 0 Å². The van der Waals surface area contributed by atoms with E-state index in [4.69, 9.17) is 10.5 Å². The van der Waals surface area contributed by atoms with E-state index in [2.05, 4.69) is 44.2 Å². The molecule has 1 atom stereocenters.